The van der Waals surface area contributed by atoms with Crippen LogP contribution in [0.4, 0.5) is 0 Å². The van der Waals surface area contributed by atoms with Gasteiger partial charge in [-0.3, -0.25) is 4.57 Å². The molecule has 27 heavy (non-hydrogen) atoms. The molecule has 0 amide bonds. The maximum atomic E-state index is 12.7. The van der Waals surface area contributed by atoms with Crippen molar-refractivity contribution in [3.8, 4) is 0 Å². The third kappa shape index (κ3) is 8.38. The number of aliphatic hydroxyl groups is 1. The summed E-state index contributed by atoms with van der Waals surface area (Å²) in [4.78, 5) is 2.54. The van der Waals surface area contributed by atoms with Crippen LogP contribution in [0.3, 0.4) is 0 Å². The monoisotopic (exact) mass is 423 g/mol. The molecule has 2 aliphatic heterocycles. The molecule has 2 heterocycles. The Kier molecular flexibility index (Phi) is 10.6. The fraction of sp³-hybridized carbons (Fsp3) is 0.882. The summed E-state index contributed by atoms with van der Waals surface area (Å²) in [5.41, 5.74) is 5.34. The number of aliphatic hydroxyl groups excluding tert-OH is 1. The molecule has 0 saturated carbocycles. The molecule has 2 fully saturated rings. The van der Waals surface area contributed by atoms with Crippen molar-refractivity contribution in [3.05, 3.63) is 12.3 Å². The van der Waals surface area contributed by atoms with Crippen LogP contribution in [-0.2, 0) is 9.09 Å². The van der Waals surface area contributed by atoms with E-state index in [1.54, 1.807) is 10.9 Å². The smallest absolute Gasteiger partial charge is 0.363 e. The minimum atomic E-state index is -3.37. The first-order valence-electron chi connectivity index (χ1n) is 9.94. The molecule has 8 nitrogen and oxygen atoms in total. The molecule has 2 rings (SSSR count). The molecule has 0 spiro atoms. The number of nitrogens with one attached hydrogen (secondary N) is 2. The van der Waals surface area contributed by atoms with Gasteiger partial charge < -0.3 is 30.9 Å². The van der Waals surface area contributed by atoms with Gasteiger partial charge >= 0.3 is 6.87 Å². The summed E-state index contributed by atoms with van der Waals surface area (Å²) in [6.45, 7) is 2.58. The Morgan fingerprint density at radius 2 is 1.96 bits per heavy atom. The molecular formula is C17H35ClN5O3P. The Morgan fingerprint density at radius 3 is 2.63 bits per heavy atom. The minimum Gasteiger partial charge on any atom is -0.390 e. The number of nitrogens with two attached hydrogens (primary N) is 1. The second-order valence-electron chi connectivity index (χ2n) is 7.13. The van der Waals surface area contributed by atoms with E-state index in [9.17, 15) is 9.67 Å². The Bertz CT molecular complexity index is 485. The van der Waals surface area contributed by atoms with E-state index in [-0.39, 0.29) is 6.61 Å². The highest BCUT2D eigenvalue weighted by atomic mass is 35.7. The van der Waals surface area contributed by atoms with Crippen molar-refractivity contribution in [2.24, 2.45) is 5.73 Å². The second kappa shape index (κ2) is 12.4. The van der Waals surface area contributed by atoms with Crippen LogP contribution in [0, 0.1) is 0 Å². The van der Waals surface area contributed by atoms with Crippen molar-refractivity contribution in [1.29, 1.82) is 0 Å². The Hall–Kier alpha value is -0.180. The van der Waals surface area contributed by atoms with Gasteiger partial charge in [-0.2, -0.15) is 0 Å². The summed E-state index contributed by atoms with van der Waals surface area (Å²) in [6, 6.07) is 0.573. The number of nitrogens with zero attached hydrogens (tertiary/aromatic N) is 2. The predicted molar refractivity (Wildman–Crippen MR) is 110 cm³/mol. The molecule has 10 heteroatoms. The summed E-state index contributed by atoms with van der Waals surface area (Å²) in [5, 5.41) is 16.2. The van der Waals surface area contributed by atoms with Gasteiger partial charge in [0.25, 0.3) is 0 Å². The number of hydrogen-bond donors (Lipinski definition) is 4. The standard InChI is InChI=1S/C17H35ClN5O3P/c18-27(25,23-12-4-16(5-13-23)22-10-1-2-11-22)26-15-17(24)14-21-9-8-20-7-3-6-19/h3,7,16-17,20-21,24H,1-2,4-6,8-15,19H2/b7-3-. The fourth-order valence-corrected chi connectivity index (χ4v) is 5.40. The van der Waals surface area contributed by atoms with Gasteiger partial charge in [0.05, 0.1) is 12.7 Å². The summed E-state index contributed by atoms with van der Waals surface area (Å²) in [7, 11) is 0. The number of piperidine rings is 1. The lowest BCUT2D eigenvalue weighted by molar-refractivity contribution is 0.0986. The lowest BCUT2D eigenvalue weighted by Crippen LogP contribution is -2.42. The quantitative estimate of drug-likeness (QED) is 0.271. The van der Waals surface area contributed by atoms with E-state index >= 15 is 0 Å². The normalized spacial score (nSPS) is 23.7. The fourth-order valence-electron chi connectivity index (χ4n) is 3.55. The van der Waals surface area contributed by atoms with E-state index in [4.69, 9.17) is 21.5 Å². The number of rotatable bonds is 12. The first kappa shape index (κ1) is 23.1. The summed E-state index contributed by atoms with van der Waals surface area (Å²) in [5.74, 6) is 0. The highest BCUT2D eigenvalue weighted by molar-refractivity contribution is 7.83. The molecule has 5 N–H and O–H groups in total. The molecule has 0 bridgehead atoms. The van der Waals surface area contributed by atoms with Crippen LogP contribution >= 0.6 is 18.1 Å². The average Bonchev–Trinajstić information content (AvgIpc) is 3.21. The highest BCUT2D eigenvalue weighted by Crippen LogP contribution is 2.57. The van der Waals surface area contributed by atoms with Crippen LogP contribution in [0.5, 0.6) is 0 Å². The van der Waals surface area contributed by atoms with Gasteiger partial charge in [0.15, 0.2) is 0 Å². The average molecular weight is 424 g/mol. The number of likely N-dealkylation sites (tertiary alicyclic amines) is 1. The van der Waals surface area contributed by atoms with Gasteiger partial charge in [-0.05, 0) is 56.2 Å². The van der Waals surface area contributed by atoms with Gasteiger partial charge in [-0.1, -0.05) is 6.08 Å². The maximum absolute atomic E-state index is 12.7. The summed E-state index contributed by atoms with van der Waals surface area (Å²) >= 11 is 6.19. The molecule has 158 valence electrons. The van der Waals surface area contributed by atoms with Crippen molar-refractivity contribution in [2.75, 3.05) is 59.0 Å². The van der Waals surface area contributed by atoms with Gasteiger partial charge in [-0.25, -0.2) is 4.67 Å². The molecule has 0 aliphatic carbocycles. The zero-order valence-electron chi connectivity index (χ0n) is 16.1. The molecule has 2 aliphatic rings. The Morgan fingerprint density at radius 1 is 1.26 bits per heavy atom. The highest BCUT2D eigenvalue weighted by Gasteiger charge is 2.35. The van der Waals surface area contributed by atoms with Gasteiger partial charge in [0, 0.05) is 45.3 Å². The molecule has 2 saturated heterocycles. The van der Waals surface area contributed by atoms with Gasteiger partial charge in [0.2, 0.25) is 0 Å². The SMILES string of the molecule is NC/C=C\NCCNCC(O)COP(=O)(Cl)N1CCC(N2CCCC2)CC1. The number of halogens is 1. The third-order valence-corrected chi connectivity index (χ3v) is 7.54. The predicted octanol–water partition coefficient (Wildman–Crippen LogP) is 0.923. The van der Waals surface area contributed by atoms with Crippen molar-refractivity contribution >= 4 is 18.1 Å². The van der Waals surface area contributed by atoms with E-state index in [1.165, 1.54) is 25.9 Å². The number of hydrogen-bond acceptors (Lipinski definition) is 7. The van der Waals surface area contributed by atoms with Crippen molar-refractivity contribution < 1.29 is 14.2 Å². The molecule has 0 aromatic rings. The van der Waals surface area contributed by atoms with Crippen LogP contribution in [0.2, 0.25) is 0 Å². The molecule has 0 aromatic heterocycles. The van der Waals surface area contributed by atoms with Crippen LogP contribution in [0.15, 0.2) is 12.3 Å². The van der Waals surface area contributed by atoms with Crippen LogP contribution in [0.25, 0.3) is 0 Å². The van der Waals surface area contributed by atoms with E-state index < -0.39 is 13.0 Å². The lowest BCUT2D eigenvalue weighted by atomic mass is 10.1. The first-order chi connectivity index (χ1) is 13.0. The van der Waals surface area contributed by atoms with E-state index in [2.05, 4.69) is 15.5 Å². The van der Waals surface area contributed by atoms with Crippen LogP contribution in [0.1, 0.15) is 25.7 Å². The summed E-state index contributed by atoms with van der Waals surface area (Å²) in [6.07, 6.45) is 7.38. The zero-order valence-corrected chi connectivity index (χ0v) is 17.7. The first-order valence-corrected chi connectivity index (χ1v) is 12.4. The van der Waals surface area contributed by atoms with E-state index in [0.717, 1.165) is 19.4 Å². The molecular weight excluding hydrogens is 389 g/mol. The minimum absolute atomic E-state index is 0.0413. The largest absolute Gasteiger partial charge is 0.390 e. The molecule has 2 atom stereocenters. The Balaban J connectivity index is 1.58. The van der Waals surface area contributed by atoms with Gasteiger partial charge in [-0.15, -0.1) is 0 Å². The van der Waals surface area contributed by atoms with E-state index in [1.807, 2.05) is 6.08 Å². The molecule has 0 radical (unpaired) electrons. The van der Waals surface area contributed by atoms with Crippen molar-refractivity contribution in [3.63, 3.8) is 0 Å². The summed E-state index contributed by atoms with van der Waals surface area (Å²) < 4.78 is 19.8. The van der Waals surface area contributed by atoms with Crippen LogP contribution < -0.4 is 16.4 Å². The molecule has 0 aromatic carbocycles. The lowest BCUT2D eigenvalue weighted by Gasteiger charge is -2.37. The van der Waals surface area contributed by atoms with Crippen molar-refractivity contribution in [2.45, 2.75) is 37.8 Å². The van der Waals surface area contributed by atoms with E-state index in [0.29, 0.717) is 38.8 Å². The van der Waals surface area contributed by atoms with Crippen molar-refractivity contribution in [1.82, 2.24) is 20.2 Å². The topological polar surface area (TPSA) is 103 Å². The Labute approximate surface area is 167 Å². The second-order valence-corrected chi connectivity index (χ2v) is 10.1. The zero-order chi connectivity index (χ0) is 19.5. The van der Waals surface area contributed by atoms with Gasteiger partial charge in [0.1, 0.15) is 0 Å². The third-order valence-electron chi connectivity index (χ3n) is 5.06. The molecule has 2 unspecified atom stereocenters. The van der Waals surface area contributed by atoms with Crippen LogP contribution in [-0.4, -0.2) is 85.8 Å². The maximum Gasteiger partial charge on any atom is 0.363 e.